The number of halogens is 2. The van der Waals surface area contributed by atoms with Crippen molar-refractivity contribution in [3.8, 4) is 0 Å². The number of esters is 1. The fourth-order valence-electron chi connectivity index (χ4n) is 3.50. The zero-order valence-corrected chi connectivity index (χ0v) is 20.8. The van der Waals surface area contributed by atoms with Crippen LogP contribution < -0.4 is 34.0 Å². The molecule has 0 aliphatic rings. The number of ketones is 1. The molecule has 212 valence electrons. The van der Waals surface area contributed by atoms with Crippen molar-refractivity contribution in [3.63, 3.8) is 0 Å². The number of H-pyrrole nitrogens is 3. The molecule has 1 aromatic carbocycles. The number of aromatic amines is 3. The molecule has 1 atom stereocenters. The number of ether oxygens (including phenoxy) is 1. The third kappa shape index (κ3) is 7.55. The minimum atomic E-state index is -1.14. The smallest absolute Gasteiger partial charge is 0.331 e. The predicted octanol–water partition coefficient (Wildman–Crippen LogP) is -1.18. The van der Waals surface area contributed by atoms with Crippen LogP contribution in [-0.2, 0) is 34.0 Å². The number of nitrogens with zero attached hydrogens (tertiary/aromatic N) is 2. The van der Waals surface area contributed by atoms with Crippen LogP contribution in [0.1, 0.15) is 12.0 Å². The summed E-state index contributed by atoms with van der Waals surface area (Å²) in [5.74, 6) is -3.20. The summed E-state index contributed by atoms with van der Waals surface area (Å²) in [4.78, 5) is 73.7. The Kier molecular flexibility index (Phi) is 9.77. The molecular formula is C24H25F2N7O7. The number of nitrogens with one attached hydrogen (secondary N) is 3. The normalized spacial score (nSPS) is 11.5. The van der Waals surface area contributed by atoms with Crippen LogP contribution in [0, 0.1) is 11.6 Å². The number of aryl methyl sites for hydroxylation is 1. The Morgan fingerprint density at radius 3 is 2.20 bits per heavy atom. The lowest BCUT2D eigenvalue weighted by Crippen LogP contribution is -2.35. The third-order valence-electron chi connectivity index (χ3n) is 5.59. The van der Waals surface area contributed by atoms with Crippen LogP contribution in [0.2, 0.25) is 0 Å². The summed E-state index contributed by atoms with van der Waals surface area (Å²) in [5.41, 5.74) is 8.97. The number of carbonyl (C=O) groups is 2. The molecule has 0 radical (unpaired) electrons. The zero-order valence-electron chi connectivity index (χ0n) is 20.8. The van der Waals surface area contributed by atoms with E-state index in [1.165, 1.54) is 0 Å². The first-order chi connectivity index (χ1) is 19.0. The molecule has 0 aliphatic carbocycles. The molecular weight excluding hydrogens is 536 g/mol. The second kappa shape index (κ2) is 13.2. The molecule has 0 saturated heterocycles. The minimum absolute atomic E-state index is 0.0328. The van der Waals surface area contributed by atoms with Gasteiger partial charge in [-0.25, -0.2) is 9.59 Å². The molecule has 40 heavy (non-hydrogen) atoms. The van der Waals surface area contributed by atoms with Gasteiger partial charge >= 0.3 is 17.3 Å². The average molecular weight is 562 g/mol. The van der Waals surface area contributed by atoms with E-state index in [2.05, 4.69) is 9.72 Å². The van der Waals surface area contributed by atoms with Crippen LogP contribution in [0.15, 0.2) is 62.0 Å². The molecule has 14 nitrogen and oxygen atoms in total. The molecule has 4 aromatic rings. The van der Waals surface area contributed by atoms with Gasteiger partial charge in [0.15, 0.2) is 12.5 Å². The van der Waals surface area contributed by atoms with E-state index in [1.807, 2.05) is 35.4 Å². The quantitative estimate of drug-likeness (QED) is 0.155. The van der Waals surface area contributed by atoms with Crippen molar-refractivity contribution in [1.82, 2.24) is 24.1 Å². The number of fused-ring (bicyclic) bond motifs is 1. The number of hydrogen-bond donors (Lipinski definition) is 5. The van der Waals surface area contributed by atoms with Gasteiger partial charge in [0.05, 0.1) is 25.0 Å². The van der Waals surface area contributed by atoms with E-state index in [4.69, 9.17) is 11.5 Å². The molecule has 0 fully saturated rings. The van der Waals surface area contributed by atoms with Gasteiger partial charge in [-0.2, -0.15) is 8.78 Å². The van der Waals surface area contributed by atoms with Crippen LogP contribution in [0.5, 0.6) is 0 Å². The highest BCUT2D eigenvalue weighted by Gasteiger charge is 2.17. The summed E-state index contributed by atoms with van der Waals surface area (Å²) < 4.78 is 32.0. The molecule has 7 N–H and O–H groups in total. The molecule has 4 rings (SSSR count). The molecule has 0 amide bonds. The van der Waals surface area contributed by atoms with Gasteiger partial charge in [-0.1, -0.05) is 18.2 Å². The zero-order chi connectivity index (χ0) is 29.4. The van der Waals surface area contributed by atoms with E-state index in [0.717, 1.165) is 27.2 Å². The Bertz CT molecular complexity index is 1750. The Balaban J connectivity index is 0.000000252. The van der Waals surface area contributed by atoms with Gasteiger partial charge in [-0.15, -0.1) is 0 Å². The van der Waals surface area contributed by atoms with Crippen LogP contribution in [0.25, 0.3) is 10.9 Å². The van der Waals surface area contributed by atoms with Crippen molar-refractivity contribution in [1.29, 1.82) is 0 Å². The van der Waals surface area contributed by atoms with Crippen LogP contribution in [0.4, 0.5) is 8.78 Å². The van der Waals surface area contributed by atoms with Gasteiger partial charge < -0.3 is 21.2 Å². The maximum Gasteiger partial charge on any atom is 0.331 e. The van der Waals surface area contributed by atoms with E-state index < -0.39 is 52.9 Å². The number of hydrogen-bond acceptors (Lipinski definition) is 9. The van der Waals surface area contributed by atoms with E-state index in [-0.39, 0.29) is 25.3 Å². The van der Waals surface area contributed by atoms with Crippen molar-refractivity contribution >= 4 is 22.7 Å². The van der Waals surface area contributed by atoms with Crippen molar-refractivity contribution < 1.29 is 23.1 Å². The van der Waals surface area contributed by atoms with Crippen molar-refractivity contribution in [2.75, 3.05) is 6.54 Å². The van der Waals surface area contributed by atoms with E-state index in [0.29, 0.717) is 17.2 Å². The molecule has 3 aromatic heterocycles. The first-order valence-corrected chi connectivity index (χ1v) is 11.7. The standard InChI is InChI=1S/C17H17FN4O3.C7H8FN3O4/c18-12-9-22(17(25)21-16(12)24)6-5-15(23)13(19)7-10-8-20-14-4-2-1-3-11(10)14;8-4-2-11(3-15-5(12)1-9)7(14)10-6(4)13/h1-4,8-9,13,20H,5-7,19H2,(H,21,24,25);2H,1,3,9H2,(H,10,13,14). The maximum atomic E-state index is 13.2. The largest absolute Gasteiger partial charge is 0.443 e. The SMILES string of the molecule is NC(Cc1c[nH]c2ccccc12)C(=O)CCn1cc(F)c(=O)[nH]c1=O.NCC(=O)OCn1cc(F)c(=O)[nH]c1=O. The molecule has 3 heterocycles. The number of Topliss-reactive ketones (excluding diaryl/α,β-unsaturated/α-hetero) is 1. The highest BCUT2D eigenvalue weighted by atomic mass is 19.1. The Morgan fingerprint density at radius 1 is 0.950 bits per heavy atom. The third-order valence-corrected chi connectivity index (χ3v) is 5.59. The molecule has 0 aliphatic heterocycles. The number of carbonyl (C=O) groups excluding carboxylic acids is 2. The van der Waals surface area contributed by atoms with E-state index >= 15 is 0 Å². The van der Waals surface area contributed by atoms with Gasteiger partial charge in [0.25, 0.3) is 11.1 Å². The lowest BCUT2D eigenvalue weighted by Gasteiger charge is -2.11. The highest BCUT2D eigenvalue weighted by Crippen LogP contribution is 2.19. The van der Waals surface area contributed by atoms with Gasteiger partial charge in [-0.3, -0.25) is 38.3 Å². The summed E-state index contributed by atoms with van der Waals surface area (Å²) in [7, 11) is 0. The monoisotopic (exact) mass is 561 g/mol. The predicted molar refractivity (Wildman–Crippen MR) is 137 cm³/mol. The average Bonchev–Trinajstić information content (AvgIpc) is 3.33. The lowest BCUT2D eigenvalue weighted by molar-refractivity contribution is -0.145. The van der Waals surface area contributed by atoms with Gasteiger partial charge in [0, 0.05) is 30.1 Å². The highest BCUT2D eigenvalue weighted by molar-refractivity contribution is 5.87. The fourth-order valence-corrected chi connectivity index (χ4v) is 3.50. The van der Waals surface area contributed by atoms with Crippen molar-refractivity contribution in [2.45, 2.75) is 32.2 Å². The van der Waals surface area contributed by atoms with Crippen molar-refractivity contribution in [3.05, 3.63) is 102 Å². The van der Waals surface area contributed by atoms with E-state index in [1.54, 1.807) is 4.98 Å². The summed E-state index contributed by atoms with van der Waals surface area (Å²) in [6.07, 6.45) is 3.58. The number of para-hydroxylation sites is 1. The van der Waals surface area contributed by atoms with Gasteiger partial charge in [-0.05, 0) is 18.1 Å². The maximum absolute atomic E-state index is 13.2. The summed E-state index contributed by atoms with van der Waals surface area (Å²) in [6.45, 7) is -0.893. The second-order valence-corrected chi connectivity index (χ2v) is 8.37. The number of benzene rings is 1. The van der Waals surface area contributed by atoms with Crippen LogP contribution in [0.3, 0.4) is 0 Å². The fraction of sp³-hybridized carbons (Fsp3) is 0.250. The Morgan fingerprint density at radius 2 is 1.55 bits per heavy atom. The topological polar surface area (TPSA) is 221 Å². The minimum Gasteiger partial charge on any atom is -0.443 e. The summed E-state index contributed by atoms with van der Waals surface area (Å²) in [6, 6.07) is 6.96. The first-order valence-electron chi connectivity index (χ1n) is 11.7. The van der Waals surface area contributed by atoms with E-state index in [9.17, 15) is 37.5 Å². The van der Waals surface area contributed by atoms with Gasteiger partial charge in [0.1, 0.15) is 0 Å². The van der Waals surface area contributed by atoms with Gasteiger partial charge in [0.2, 0.25) is 11.6 Å². The van der Waals surface area contributed by atoms with Crippen LogP contribution >= 0.6 is 0 Å². The molecule has 1 unspecified atom stereocenters. The number of rotatable bonds is 9. The summed E-state index contributed by atoms with van der Waals surface area (Å²) >= 11 is 0. The number of aromatic nitrogens is 5. The molecule has 0 bridgehead atoms. The summed E-state index contributed by atoms with van der Waals surface area (Å²) in [5, 5.41) is 1.00. The molecule has 0 spiro atoms. The first kappa shape index (κ1) is 29.6. The number of nitrogens with two attached hydrogens (primary N) is 2. The second-order valence-electron chi connectivity index (χ2n) is 8.37. The Hall–Kier alpha value is -4.96. The molecule has 0 saturated carbocycles. The van der Waals surface area contributed by atoms with Crippen molar-refractivity contribution in [2.24, 2.45) is 11.5 Å². The van der Waals surface area contributed by atoms with Crippen LogP contribution in [-0.4, -0.2) is 48.4 Å². The Labute approximate surface area is 222 Å². The molecule has 16 heteroatoms. The lowest BCUT2D eigenvalue weighted by atomic mass is 10.0.